The molecule has 0 fully saturated rings. The molecular weight excluding hydrogens is 301 g/mol. The van der Waals surface area contributed by atoms with Crippen molar-refractivity contribution in [2.75, 3.05) is 6.61 Å². The summed E-state index contributed by atoms with van der Waals surface area (Å²) in [4.78, 5) is 25.3. The molecule has 0 amide bonds. The van der Waals surface area contributed by atoms with Gasteiger partial charge in [0.25, 0.3) is 0 Å². The topological polar surface area (TPSA) is 117 Å². The fraction of sp³-hybridized carbons (Fsp3) is 0.222. The van der Waals surface area contributed by atoms with E-state index in [0.717, 1.165) is 6.07 Å². The van der Waals surface area contributed by atoms with E-state index in [9.17, 15) is 14.9 Å². The van der Waals surface area contributed by atoms with Crippen molar-refractivity contribution in [3.05, 3.63) is 32.3 Å². The Bertz CT molecular complexity index is 497. The summed E-state index contributed by atoms with van der Waals surface area (Å²) in [7, 11) is 0. The predicted molar refractivity (Wildman–Crippen MR) is 66.6 cm³/mol. The van der Waals surface area contributed by atoms with Crippen LogP contribution in [0.1, 0.15) is 6.42 Å². The van der Waals surface area contributed by atoms with Crippen LogP contribution in [-0.2, 0) is 9.63 Å². The highest BCUT2D eigenvalue weighted by Gasteiger charge is 2.18. The number of hydrogen-bond acceptors (Lipinski definition) is 7. The Kier molecular flexibility index (Phi) is 5.77. The Balaban J connectivity index is 2.74. The van der Waals surface area contributed by atoms with E-state index in [1.165, 1.54) is 6.07 Å². The first-order chi connectivity index (χ1) is 8.95. The maximum atomic E-state index is 10.9. The molecule has 0 aliphatic heterocycles. The maximum Gasteiger partial charge on any atom is 0.329 e. The van der Waals surface area contributed by atoms with Crippen LogP contribution in [0.25, 0.3) is 0 Å². The first kappa shape index (κ1) is 15.4. The standard InChI is InChI=1S/C9H9Cl2N3O5/c10-5-3-7(14(16)17)8(4-6(5)11)18-2-1-9(15)19-13-12/h3-4,13H,1-2,12H2. The van der Waals surface area contributed by atoms with Gasteiger partial charge in [0, 0.05) is 12.1 Å². The molecule has 0 aliphatic carbocycles. The van der Waals surface area contributed by atoms with Gasteiger partial charge in [0.1, 0.15) is 0 Å². The zero-order chi connectivity index (χ0) is 14.4. The van der Waals surface area contributed by atoms with Crippen molar-refractivity contribution >= 4 is 34.9 Å². The third-order valence-corrected chi connectivity index (χ3v) is 2.66. The number of hydrogen-bond donors (Lipinski definition) is 2. The SMILES string of the molecule is NNOC(=O)CCOc1cc(Cl)c(Cl)cc1[N+](=O)[O-]. The Morgan fingerprint density at radius 1 is 1.42 bits per heavy atom. The van der Waals surface area contributed by atoms with Crippen LogP contribution in [0, 0.1) is 10.1 Å². The molecule has 1 aromatic rings. The number of nitrogens with one attached hydrogen (secondary N) is 1. The number of carbonyl (C=O) groups is 1. The second-order valence-corrected chi connectivity index (χ2v) is 4.00. The number of rotatable bonds is 6. The summed E-state index contributed by atoms with van der Waals surface area (Å²) >= 11 is 11.4. The van der Waals surface area contributed by atoms with Crippen LogP contribution in [-0.4, -0.2) is 17.5 Å². The molecule has 104 valence electrons. The van der Waals surface area contributed by atoms with E-state index < -0.39 is 10.9 Å². The highest BCUT2D eigenvalue weighted by Crippen LogP contribution is 2.35. The second-order valence-electron chi connectivity index (χ2n) is 3.18. The Morgan fingerprint density at radius 3 is 2.63 bits per heavy atom. The van der Waals surface area contributed by atoms with E-state index in [2.05, 4.69) is 4.84 Å². The molecule has 0 aliphatic rings. The Hall–Kier alpha value is -1.61. The largest absolute Gasteiger partial charge is 0.486 e. The van der Waals surface area contributed by atoms with Gasteiger partial charge < -0.3 is 9.57 Å². The number of benzene rings is 1. The number of halogens is 2. The molecule has 8 nitrogen and oxygen atoms in total. The lowest BCUT2D eigenvalue weighted by Gasteiger charge is -2.07. The van der Waals surface area contributed by atoms with E-state index in [-0.39, 0.29) is 34.5 Å². The van der Waals surface area contributed by atoms with Gasteiger partial charge in [-0.25, -0.2) is 5.84 Å². The minimum absolute atomic E-state index is 0.0347. The van der Waals surface area contributed by atoms with Crippen molar-refractivity contribution in [1.82, 2.24) is 5.59 Å². The van der Waals surface area contributed by atoms with Crippen molar-refractivity contribution in [3.8, 4) is 5.75 Å². The third-order valence-electron chi connectivity index (χ3n) is 1.94. The van der Waals surface area contributed by atoms with Gasteiger partial charge in [-0.3, -0.25) is 14.9 Å². The summed E-state index contributed by atoms with van der Waals surface area (Å²) < 4.78 is 5.10. The molecule has 0 unspecified atom stereocenters. The monoisotopic (exact) mass is 309 g/mol. The molecule has 10 heteroatoms. The van der Waals surface area contributed by atoms with E-state index in [4.69, 9.17) is 33.8 Å². The molecule has 0 aromatic heterocycles. The number of nitrogens with zero attached hydrogens (tertiary/aromatic N) is 1. The zero-order valence-electron chi connectivity index (χ0n) is 9.39. The lowest BCUT2D eigenvalue weighted by atomic mass is 10.3. The van der Waals surface area contributed by atoms with Crippen LogP contribution in [0.15, 0.2) is 12.1 Å². The van der Waals surface area contributed by atoms with Gasteiger partial charge in [-0.15, -0.1) is 0 Å². The quantitative estimate of drug-likeness (QED) is 0.465. The molecule has 0 saturated carbocycles. The summed E-state index contributed by atoms with van der Waals surface area (Å²) in [6.07, 6.45) is -0.151. The molecule has 0 radical (unpaired) electrons. The summed E-state index contributed by atoms with van der Waals surface area (Å²) in [5, 5.41) is 10.9. The lowest BCUT2D eigenvalue weighted by molar-refractivity contribution is -0.385. The molecule has 3 N–H and O–H groups in total. The zero-order valence-corrected chi connectivity index (χ0v) is 10.9. The minimum atomic E-state index is -0.676. The van der Waals surface area contributed by atoms with E-state index in [1.54, 1.807) is 5.59 Å². The number of ether oxygens (including phenoxy) is 1. The predicted octanol–water partition coefficient (Wildman–Crippen LogP) is 1.59. The minimum Gasteiger partial charge on any atom is -0.486 e. The normalized spacial score (nSPS) is 10.1. The first-order valence-electron chi connectivity index (χ1n) is 4.87. The van der Waals surface area contributed by atoms with Gasteiger partial charge in [0.15, 0.2) is 5.75 Å². The number of hydrazine groups is 1. The van der Waals surface area contributed by atoms with Crippen LogP contribution >= 0.6 is 23.2 Å². The average molecular weight is 310 g/mol. The maximum absolute atomic E-state index is 10.9. The molecule has 0 saturated heterocycles. The molecule has 0 spiro atoms. The van der Waals surface area contributed by atoms with Gasteiger partial charge >= 0.3 is 11.7 Å². The summed E-state index contributed by atoms with van der Waals surface area (Å²) in [5.74, 6) is 3.99. The molecule has 0 heterocycles. The van der Waals surface area contributed by atoms with E-state index in [0.29, 0.717) is 0 Å². The van der Waals surface area contributed by atoms with Crippen molar-refractivity contribution in [2.24, 2.45) is 5.84 Å². The van der Waals surface area contributed by atoms with Crippen LogP contribution < -0.4 is 16.2 Å². The smallest absolute Gasteiger partial charge is 0.329 e. The molecule has 0 bridgehead atoms. The van der Waals surface area contributed by atoms with E-state index in [1.807, 2.05) is 0 Å². The van der Waals surface area contributed by atoms with Gasteiger partial charge in [0.05, 0.1) is 28.0 Å². The highest BCUT2D eigenvalue weighted by molar-refractivity contribution is 6.42. The molecule has 1 rings (SSSR count). The summed E-state index contributed by atoms with van der Waals surface area (Å²) in [5.41, 5.74) is 1.36. The average Bonchev–Trinajstić information content (AvgIpc) is 2.33. The van der Waals surface area contributed by atoms with Gasteiger partial charge in [-0.1, -0.05) is 28.8 Å². The van der Waals surface area contributed by atoms with E-state index >= 15 is 0 Å². The third kappa shape index (κ3) is 4.52. The second kappa shape index (κ2) is 7.10. The van der Waals surface area contributed by atoms with Crippen LogP contribution in [0.5, 0.6) is 5.75 Å². The van der Waals surface area contributed by atoms with Crippen molar-refractivity contribution in [1.29, 1.82) is 0 Å². The summed E-state index contributed by atoms with van der Waals surface area (Å²) in [6.45, 7) is -0.140. The summed E-state index contributed by atoms with van der Waals surface area (Å²) in [6, 6.07) is 2.27. The van der Waals surface area contributed by atoms with Crippen LogP contribution in [0.2, 0.25) is 10.0 Å². The fourth-order valence-corrected chi connectivity index (χ4v) is 1.45. The number of nitro groups is 1. The lowest BCUT2D eigenvalue weighted by Crippen LogP contribution is -2.27. The molecule has 1 aromatic carbocycles. The fourth-order valence-electron chi connectivity index (χ4n) is 1.14. The molecule has 0 atom stereocenters. The van der Waals surface area contributed by atoms with Crippen molar-refractivity contribution < 1.29 is 19.3 Å². The Morgan fingerprint density at radius 2 is 2.05 bits per heavy atom. The van der Waals surface area contributed by atoms with Crippen molar-refractivity contribution in [3.63, 3.8) is 0 Å². The van der Waals surface area contributed by atoms with Crippen molar-refractivity contribution in [2.45, 2.75) is 6.42 Å². The van der Waals surface area contributed by atoms with Crippen LogP contribution in [0.4, 0.5) is 5.69 Å². The number of carbonyl (C=O) groups excluding carboxylic acids is 1. The highest BCUT2D eigenvalue weighted by atomic mass is 35.5. The number of nitro benzene ring substituents is 1. The molecule has 19 heavy (non-hydrogen) atoms. The Labute approximate surface area is 117 Å². The number of nitrogens with two attached hydrogens (primary N) is 1. The van der Waals surface area contributed by atoms with Gasteiger partial charge in [-0.05, 0) is 0 Å². The van der Waals surface area contributed by atoms with Gasteiger partial charge in [0.2, 0.25) is 0 Å². The van der Waals surface area contributed by atoms with Gasteiger partial charge in [-0.2, -0.15) is 0 Å². The molecular formula is C9H9Cl2N3O5. The first-order valence-corrected chi connectivity index (χ1v) is 5.62. The van der Waals surface area contributed by atoms with Crippen LogP contribution in [0.3, 0.4) is 0 Å².